The minimum absolute atomic E-state index is 0.0275. The van der Waals surface area contributed by atoms with Crippen molar-refractivity contribution in [2.75, 3.05) is 42.7 Å². The van der Waals surface area contributed by atoms with E-state index in [1.165, 1.54) is 84.7 Å². The molecule has 12 rings (SSSR count). The average molecular weight is 2350 g/mol. The highest BCUT2D eigenvalue weighted by atomic mass is 127. The van der Waals surface area contributed by atoms with Gasteiger partial charge in [-0.3, -0.25) is 10.1 Å². The molecule has 0 heterocycles. The van der Waals surface area contributed by atoms with E-state index >= 15 is 0 Å². The molecule has 0 fully saturated rings. The first-order valence-electron chi connectivity index (χ1n) is 42.2. The molecule has 0 radical (unpaired) electrons. The molecule has 0 spiro atoms. The lowest BCUT2D eigenvalue weighted by atomic mass is 9.75. The third-order valence-electron chi connectivity index (χ3n) is 19.9. The first kappa shape index (κ1) is 104. The Hall–Kier alpha value is -6.85. The highest BCUT2D eigenvalue weighted by Gasteiger charge is 2.39. The Morgan fingerprint density at radius 1 is 0.355 bits per heavy atom. The number of halogens is 7. The molecule has 0 aliphatic carbocycles. The van der Waals surface area contributed by atoms with E-state index in [2.05, 4.69) is 340 Å². The number of ether oxygens (including phenoxy) is 6. The van der Waals surface area contributed by atoms with Gasteiger partial charge in [0.25, 0.3) is 10.7 Å². The Balaban J connectivity index is 0.000000205. The number of hydrogen-bond acceptors (Lipinski definition) is 8. The molecule has 12 aromatic carbocycles. The van der Waals surface area contributed by atoms with Gasteiger partial charge in [0.1, 0.15) is 17.3 Å². The number of nitro groups is 1. The molecule has 0 aromatic heterocycles. The first-order chi connectivity index (χ1) is 58.9. The quantitative estimate of drug-likeness (QED) is 0.0318. The van der Waals surface area contributed by atoms with Crippen LogP contribution >= 0.6 is 0 Å². The summed E-state index contributed by atoms with van der Waals surface area (Å²) in [6.45, 7) is 48.5. The van der Waals surface area contributed by atoms with E-state index in [0.717, 1.165) is 46.1 Å². The predicted molar refractivity (Wildman–Crippen MR) is 488 cm³/mol. The third kappa shape index (κ3) is 31.5. The fraction of sp³-hybridized carbons (Fsp3) is 0.333. The van der Waals surface area contributed by atoms with Crippen LogP contribution in [0.25, 0.3) is 0 Å². The van der Waals surface area contributed by atoms with Crippen molar-refractivity contribution < 1.29 is 165 Å². The van der Waals surface area contributed by atoms with Gasteiger partial charge in [-0.1, -0.05) is 270 Å². The summed E-state index contributed by atoms with van der Waals surface area (Å²) >= 11 is -1.84. The molecule has 0 atom stereocenters. The molecule has 16 heteroatoms. The van der Waals surface area contributed by atoms with E-state index in [1.54, 1.807) is 81.1 Å². The second-order valence-electron chi connectivity index (χ2n) is 33.7. The zero-order valence-corrected chi connectivity index (χ0v) is 90.8. The molecular formula is C108H130FI6NO8+6. The number of hydrogen-bond donors (Lipinski definition) is 0. The maximum Gasteiger partial charge on any atom is 0.373 e. The standard InChI is InChI=1S/C24H34I.C21H28I.C18H22I.C15H14FINO5.C15H16IO3.C15H16I/c1-22(2,3)17-15-19(23(4,5)6)21(20(16-17)24(7,8)9)25-18-13-11-10-12-14-18;1-14(2)17-12-19(15(3)4)21(20(13-17)16(5)6)22-18-10-8-7-9-11-18;1-4-14-12-15(5-2)18(16(6-3)13-14)19-17-10-8-7-9-11-17;1-21-10-7-13(22-2)15(14(8-10)23-3)17-11-6-9(16)4-5-12(11)18(19)20;1-17-12-9-13(18-2)15(14(10-12)19-3)16-11-7-5-4-6-8-11;1-11-9-12(2)15(13(3)10-11)16-14-7-5-4-6-8-14/h10-16H,1-9H3;7-16H,1-6H3;7-13H,4-6H2,1-3H3;4-8H,1-3H3;4-10H,1-3H3;4-10H,1-3H3/q6*+1. The Morgan fingerprint density at radius 3 is 0.984 bits per heavy atom. The first-order valence-corrected chi connectivity index (χ1v) is 55.1. The SMILES string of the molecule is CC(C)(C)c1cc(C(C)(C)C)c([I+]c2ccccc2)c(C(C)(C)C)c1.CC(C)c1cc(C(C)C)c([I+]c2ccccc2)c(C(C)C)c1.CCc1cc(CC)c([I+]c2ccccc2)c(CC)c1.COc1cc(OC)c([I+]c2cc(F)ccc2[N+](=O)[O-])c(OC)c1.COc1cc(OC)c([I+]c2ccccc2)c(OC)c1.Cc1cc(C)c([I+]c2ccccc2)c(C)c1. The monoisotopic (exact) mass is 2350 g/mol. The maximum absolute atomic E-state index is 13.5. The number of rotatable bonds is 25. The number of aryl methyl sites for hydroxylation is 6. The van der Waals surface area contributed by atoms with Gasteiger partial charge in [0.2, 0.25) is 10.7 Å². The van der Waals surface area contributed by atoms with Crippen LogP contribution in [0, 0.1) is 79.5 Å². The van der Waals surface area contributed by atoms with Crippen molar-refractivity contribution in [1.29, 1.82) is 0 Å². The Morgan fingerprint density at radius 2 is 0.685 bits per heavy atom. The summed E-state index contributed by atoms with van der Waals surface area (Å²) < 4.78 is 61.6. The largest absolute Gasteiger partial charge is 0.496 e. The number of benzene rings is 12. The van der Waals surface area contributed by atoms with Crippen molar-refractivity contribution in [2.24, 2.45) is 0 Å². The van der Waals surface area contributed by atoms with Crippen LogP contribution in [0.4, 0.5) is 10.1 Å². The zero-order valence-electron chi connectivity index (χ0n) is 77.8. The highest BCUT2D eigenvalue weighted by molar-refractivity contribution is 5.45. The van der Waals surface area contributed by atoms with Gasteiger partial charge in [-0.2, -0.15) is 0 Å². The molecule has 0 bridgehead atoms. The van der Waals surface area contributed by atoms with E-state index in [0.29, 0.717) is 42.1 Å². The lowest BCUT2D eigenvalue weighted by Gasteiger charge is -2.29. The summed E-state index contributed by atoms with van der Waals surface area (Å²) in [6, 6.07) is 84.3. The number of nitro benzene ring substituents is 1. The van der Waals surface area contributed by atoms with Crippen LogP contribution in [0.1, 0.15) is 209 Å². The van der Waals surface area contributed by atoms with Crippen LogP contribution in [0.2, 0.25) is 0 Å². The molecule has 0 N–H and O–H groups in total. The van der Waals surface area contributed by atoms with E-state index in [9.17, 15) is 14.5 Å². The van der Waals surface area contributed by atoms with Gasteiger partial charge in [-0.15, -0.1) is 0 Å². The number of methoxy groups -OCH3 is 6. The summed E-state index contributed by atoms with van der Waals surface area (Å²) in [7, 11) is 9.47. The molecule has 0 saturated heterocycles. The van der Waals surface area contributed by atoms with E-state index in [-0.39, 0.29) is 128 Å². The molecule has 0 saturated carbocycles. The second kappa shape index (κ2) is 50.8. The Bertz CT molecular complexity index is 5090. The third-order valence-corrected chi connectivity index (χ3v) is 39.0. The van der Waals surface area contributed by atoms with Crippen molar-refractivity contribution >= 4 is 5.69 Å². The Labute approximate surface area is 805 Å². The van der Waals surface area contributed by atoms with Crippen LogP contribution in [0.5, 0.6) is 34.5 Å². The molecular weight excluding hydrogens is 2220 g/mol. The van der Waals surface area contributed by atoms with Crippen molar-refractivity contribution in [3.05, 3.63) is 368 Å². The van der Waals surface area contributed by atoms with Crippen LogP contribution in [0.3, 0.4) is 0 Å². The van der Waals surface area contributed by atoms with Crippen LogP contribution < -0.4 is 156 Å². The molecule has 0 aliphatic heterocycles. The lowest BCUT2D eigenvalue weighted by Crippen LogP contribution is -3.62. The topological polar surface area (TPSA) is 98.5 Å². The molecule has 0 unspecified atom stereocenters. The van der Waals surface area contributed by atoms with Crippen molar-refractivity contribution in [3.8, 4) is 34.5 Å². The van der Waals surface area contributed by atoms with Crippen LogP contribution in [0.15, 0.2) is 243 Å². The lowest BCUT2D eigenvalue weighted by molar-refractivity contribution is -0.606. The summed E-state index contributed by atoms with van der Waals surface area (Å²) in [5, 5.41) is 11.2. The summed E-state index contributed by atoms with van der Waals surface area (Å²) in [4.78, 5) is 10.6. The molecule has 0 aliphatic rings. The van der Waals surface area contributed by atoms with Crippen molar-refractivity contribution in [3.63, 3.8) is 0 Å². The van der Waals surface area contributed by atoms with Crippen LogP contribution in [-0.2, 0) is 35.5 Å². The van der Waals surface area contributed by atoms with Gasteiger partial charge in [0.15, 0.2) is 44.4 Å². The van der Waals surface area contributed by atoms with E-state index in [4.69, 9.17) is 28.4 Å². The van der Waals surface area contributed by atoms with Gasteiger partial charge in [-0.05, 0) is 157 Å². The van der Waals surface area contributed by atoms with Gasteiger partial charge < -0.3 is 28.4 Å². The van der Waals surface area contributed by atoms with E-state index < -0.39 is 31.9 Å². The zero-order chi connectivity index (χ0) is 91.2. The van der Waals surface area contributed by atoms with Crippen molar-refractivity contribution in [2.45, 2.75) is 199 Å². The van der Waals surface area contributed by atoms with Gasteiger partial charge in [-0.25, -0.2) is 4.39 Å². The minimum Gasteiger partial charge on any atom is -0.496 e. The molecule has 9 nitrogen and oxygen atoms in total. The molecule has 124 heavy (non-hydrogen) atoms. The normalized spacial score (nSPS) is 11.2. The maximum atomic E-state index is 13.5. The van der Waals surface area contributed by atoms with Crippen molar-refractivity contribution in [1.82, 2.24) is 0 Å². The fourth-order valence-electron chi connectivity index (χ4n) is 13.1. The van der Waals surface area contributed by atoms with Gasteiger partial charge in [0, 0.05) is 80.9 Å². The second-order valence-corrected chi connectivity index (χ2v) is 50.8. The highest BCUT2D eigenvalue weighted by Crippen LogP contribution is 2.36. The predicted octanol–water partition coefficient (Wildman–Crippen LogP) is 8.86. The Kier molecular flexibility index (Phi) is 42.7. The summed E-state index contributed by atoms with van der Waals surface area (Å²) in [6.07, 6.45) is 3.45. The fourth-order valence-corrected chi connectivity index (χ4v) is 31.9. The van der Waals surface area contributed by atoms with Gasteiger partial charge in [0.05, 0.1) is 47.6 Å². The van der Waals surface area contributed by atoms with E-state index in [1.807, 2.05) is 18.2 Å². The summed E-state index contributed by atoms with van der Waals surface area (Å²) in [5.41, 5.74) is 18.5. The van der Waals surface area contributed by atoms with Gasteiger partial charge >= 0.3 is 133 Å². The average Bonchev–Trinajstić information content (AvgIpc) is 0.589. The smallest absolute Gasteiger partial charge is 0.373 e. The molecule has 658 valence electrons. The number of nitrogens with zero attached hydrogens (tertiary/aromatic N) is 1. The minimum atomic E-state index is -1.10. The molecule has 12 aromatic rings. The van der Waals surface area contributed by atoms with Crippen LogP contribution in [-0.4, -0.2) is 47.6 Å². The molecule has 0 amide bonds. The summed E-state index contributed by atoms with van der Waals surface area (Å²) in [5.74, 6) is 5.19.